The van der Waals surface area contributed by atoms with Gasteiger partial charge in [-0.2, -0.15) is 0 Å². The summed E-state index contributed by atoms with van der Waals surface area (Å²) in [7, 11) is 1.71. The molecule has 1 aromatic heterocycles. The average molecular weight is 350 g/mol. The molecule has 2 aromatic carbocycles. The number of anilines is 1. The predicted molar refractivity (Wildman–Crippen MR) is 106 cm³/mol. The van der Waals surface area contributed by atoms with Crippen molar-refractivity contribution in [2.24, 2.45) is 5.92 Å². The zero-order chi connectivity index (χ0) is 17.8. The molecule has 0 bridgehead atoms. The summed E-state index contributed by atoms with van der Waals surface area (Å²) >= 11 is 0. The van der Waals surface area contributed by atoms with Crippen molar-refractivity contribution < 1.29 is 4.74 Å². The standard InChI is InChI=1S/C21H26N4O/c1-26-18-8-6-17(7-9-18)15-25-12-10-16(11-13-25)14-22-21-23-19-4-2-3-5-20(19)24-21/h2-9,16H,10-15H2,1H3,(H2,22,23,24). The number of nitrogens with one attached hydrogen (secondary N) is 2. The minimum atomic E-state index is 0.704. The summed E-state index contributed by atoms with van der Waals surface area (Å²) in [6.07, 6.45) is 2.45. The van der Waals surface area contributed by atoms with Gasteiger partial charge >= 0.3 is 0 Å². The van der Waals surface area contributed by atoms with Crippen molar-refractivity contribution in [1.29, 1.82) is 0 Å². The number of rotatable bonds is 6. The lowest BCUT2D eigenvalue weighted by Crippen LogP contribution is -2.35. The van der Waals surface area contributed by atoms with Crippen LogP contribution in [0.1, 0.15) is 18.4 Å². The van der Waals surface area contributed by atoms with E-state index in [1.165, 1.54) is 18.4 Å². The summed E-state index contributed by atoms with van der Waals surface area (Å²) in [5.74, 6) is 2.51. The first-order valence-corrected chi connectivity index (χ1v) is 9.34. The predicted octanol–water partition coefficient (Wildman–Crippen LogP) is 3.90. The highest BCUT2D eigenvalue weighted by Gasteiger charge is 2.19. The molecule has 1 fully saturated rings. The molecule has 0 amide bonds. The van der Waals surface area contributed by atoms with Gasteiger partial charge in [-0.15, -0.1) is 0 Å². The van der Waals surface area contributed by atoms with Crippen LogP contribution in [0.3, 0.4) is 0 Å². The van der Waals surface area contributed by atoms with E-state index in [1.54, 1.807) is 7.11 Å². The zero-order valence-corrected chi connectivity index (χ0v) is 15.2. The van der Waals surface area contributed by atoms with E-state index in [-0.39, 0.29) is 0 Å². The van der Waals surface area contributed by atoms with Crippen molar-refractivity contribution >= 4 is 17.0 Å². The Labute approximate surface area is 154 Å². The lowest BCUT2D eigenvalue weighted by atomic mass is 9.96. The van der Waals surface area contributed by atoms with E-state index in [0.29, 0.717) is 5.92 Å². The highest BCUT2D eigenvalue weighted by Crippen LogP contribution is 2.21. The Bertz CT molecular complexity index is 802. The summed E-state index contributed by atoms with van der Waals surface area (Å²) in [5.41, 5.74) is 3.46. The highest BCUT2D eigenvalue weighted by molar-refractivity contribution is 5.77. The van der Waals surface area contributed by atoms with Gasteiger partial charge in [0.05, 0.1) is 18.1 Å². The summed E-state index contributed by atoms with van der Waals surface area (Å²) in [4.78, 5) is 10.5. The molecule has 0 radical (unpaired) electrons. The number of aromatic nitrogens is 2. The molecule has 4 rings (SSSR count). The van der Waals surface area contributed by atoms with Crippen LogP contribution in [0, 0.1) is 5.92 Å². The van der Waals surface area contributed by atoms with Crippen LogP contribution in [-0.4, -0.2) is 41.6 Å². The lowest BCUT2D eigenvalue weighted by Gasteiger charge is -2.32. The number of para-hydroxylation sites is 2. The van der Waals surface area contributed by atoms with Gasteiger partial charge in [0.25, 0.3) is 0 Å². The van der Waals surface area contributed by atoms with Crippen LogP contribution in [0.15, 0.2) is 48.5 Å². The van der Waals surface area contributed by atoms with E-state index in [1.807, 2.05) is 30.3 Å². The molecule has 1 aliphatic rings. The van der Waals surface area contributed by atoms with Crippen LogP contribution in [0.4, 0.5) is 5.95 Å². The summed E-state index contributed by atoms with van der Waals surface area (Å²) in [6, 6.07) is 16.6. The second-order valence-corrected chi connectivity index (χ2v) is 7.05. The summed E-state index contributed by atoms with van der Waals surface area (Å²) in [5, 5.41) is 3.48. The molecule has 5 nitrogen and oxygen atoms in total. The van der Waals surface area contributed by atoms with Crippen molar-refractivity contribution in [3.8, 4) is 5.75 Å². The van der Waals surface area contributed by atoms with Crippen molar-refractivity contribution in [2.75, 3.05) is 32.1 Å². The zero-order valence-electron chi connectivity index (χ0n) is 15.2. The second-order valence-electron chi connectivity index (χ2n) is 7.05. The quantitative estimate of drug-likeness (QED) is 0.708. The third kappa shape index (κ3) is 3.99. The number of H-pyrrole nitrogens is 1. The molecule has 0 unspecified atom stereocenters. The second kappa shape index (κ2) is 7.79. The Balaban J connectivity index is 1.24. The van der Waals surface area contributed by atoms with Crippen molar-refractivity contribution in [2.45, 2.75) is 19.4 Å². The number of benzene rings is 2. The van der Waals surface area contributed by atoms with Crippen molar-refractivity contribution in [3.05, 3.63) is 54.1 Å². The van der Waals surface area contributed by atoms with Crippen LogP contribution in [-0.2, 0) is 6.54 Å². The molecule has 0 atom stereocenters. The van der Waals surface area contributed by atoms with E-state index in [9.17, 15) is 0 Å². The number of methoxy groups -OCH3 is 1. The number of piperidine rings is 1. The number of aromatic amines is 1. The van der Waals surface area contributed by atoms with Crippen molar-refractivity contribution in [1.82, 2.24) is 14.9 Å². The van der Waals surface area contributed by atoms with Gasteiger partial charge in [0.15, 0.2) is 0 Å². The molecule has 0 aliphatic carbocycles. The average Bonchev–Trinajstić information content (AvgIpc) is 3.11. The smallest absolute Gasteiger partial charge is 0.201 e. The van der Waals surface area contributed by atoms with Crippen LogP contribution < -0.4 is 10.1 Å². The van der Waals surface area contributed by atoms with E-state index in [4.69, 9.17) is 4.74 Å². The van der Waals surface area contributed by atoms with E-state index in [0.717, 1.165) is 48.9 Å². The molecule has 3 aromatic rings. The maximum Gasteiger partial charge on any atom is 0.201 e. The minimum absolute atomic E-state index is 0.704. The molecular formula is C21H26N4O. The topological polar surface area (TPSA) is 53.2 Å². The molecule has 0 spiro atoms. The van der Waals surface area contributed by atoms with Crippen LogP contribution in [0.25, 0.3) is 11.0 Å². The third-order valence-electron chi connectivity index (χ3n) is 5.22. The SMILES string of the molecule is COc1ccc(CN2CCC(CNc3nc4ccccc4[nH]3)CC2)cc1. The van der Waals surface area contributed by atoms with Crippen LogP contribution in [0.5, 0.6) is 5.75 Å². The van der Waals surface area contributed by atoms with Gasteiger partial charge in [-0.25, -0.2) is 4.98 Å². The number of nitrogens with zero attached hydrogens (tertiary/aromatic N) is 2. The molecule has 1 saturated heterocycles. The fourth-order valence-electron chi connectivity index (χ4n) is 3.62. The Hall–Kier alpha value is -2.53. The lowest BCUT2D eigenvalue weighted by molar-refractivity contribution is 0.182. The van der Waals surface area contributed by atoms with Gasteiger partial charge in [0.2, 0.25) is 5.95 Å². The Kier molecular flexibility index (Phi) is 5.07. The first-order chi connectivity index (χ1) is 12.8. The highest BCUT2D eigenvalue weighted by atomic mass is 16.5. The van der Waals surface area contributed by atoms with Gasteiger partial charge in [0.1, 0.15) is 5.75 Å². The van der Waals surface area contributed by atoms with Crippen molar-refractivity contribution in [3.63, 3.8) is 0 Å². The Morgan fingerprint density at radius 1 is 1.12 bits per heavy atom. The van der Waals surface area contributed by atoms with Gasteiger partial charge in [-0.05, 0) is 61.7 Å². The summed E-state index contributed by atoms with van der Waals surface area (Å²) < 4.78 is 5.23. The van der Waals surface area contributed by atoms with Gasteiger partial charge in [-0.3, -0.25) is 4.90 Å². The molecule has 0 saturated carbocycles. The fraction of sp³-hybridized carbons (Fsp3) is 0.381. The number of hydrogen-bond acceptors (Lipinski definition) is 4. The first-order valence-electron chi connectivity index (χ1n) is 9.34. The maximum atomic E-state index is 5.23. The maximum absolute atomic E-state index is 5.23. The van der Waals surface area contributed by atoms with Crippen LogP contribution >= 0.6 is 0 Å². The van der Waals surface area contributed by atoms with Gasteiger partial charge in [-0.1, -0.05) is 24.3 Å². The minimum Gasteiger partial charge on any atom is -0.497 e. The first kappa shape index (κ1) is 16.9. The monoisotopic (exact) mass is 350 g/mol. The molecule has 2 N–H and O–H groups in total. The molecule has 5 heteroatoms. The van der Waals surface area contributed by atoms with E-state index >= 15 is 0 Å². The number of ether oxygens (including phenoxy) is 1. The third-order valence-corrected chi connectivity index (χ3v) is 5.22. The molecule has 2 heterocycles. The number of hydrogen-bond donors (Lipinski definition) is 2. The Morgan fingerprint density at radius 3 is 2.62 bits per heavy atom. The number of imidazole rings is 1. The molecule has 26 heavy (non-hydrogen) atoms. The van der Waals surface area contributed by atoms with Crippen LogP contribution in [0.2, 0.25) is 0 Å². The number of fused-ring (bicyclic) bond motifs is 1. The molecule has 136 valence electrons. The van der Waals surface area contributed by atoms with E-state index in [2.05, 4.69) is 38.4 Å². The normalized spacial score (nSPS) is 16.0. The number of likely N-dealkylation sites (tertiary alicyclic amines) is 1. The van der Waals surface area contributed by atoms with E-state index < -0.39 is 0 Å². The molecular weight excluding hydrogens is 324 g/mol. The fourth-order valence-corrected chi connectivity index (χ4v) is 3.62. The molecule has 1 aliphatic heterocycles. The largest absolute Gasteiger partial charge is 0.497 e. The van der Waals surface area contributed by atoms with Gasteiger partial charge < -0.3 is 15.0 Å². The summed E-state index contributed by atoms with van der Waals surface area (Å²) in [6.45, 7) is 4.31. The van der Waals surface area contributed by atoms with Gasteiger partial charge in [0, 0.05) is 13.1 Å². The Morgan fingerprint density at radius 2 is 1.88 bits per heavy atom.